The smallest absolute Gasteiger partial charge is 0.248 e. The Hall–Kier alpha value is -2.88. The molecule has 2 aromatic rings. The second-order valence-electron chi connectivity index (χ2n) is 4.67. The van der Waals surface area contributed by atoms with E-state index in [2.05, 4.69) is 5.32 Å². The molecule has 21 heavy (non-hydrogen) atoms. The van der Waals surface area contributed by atoms with Crippen LogP contribution in [0.3, 0.4) is 0 Å². The lowest BCUT2D eigenvalue weighted by Gasteiger charge is -2.02. The Morgan fingerprint density at radius 1 is 1.00 bits per heavy atom. The molecule has 0 aliphatic carbocycles. The van der Waals surface area contributed by atoms with E-state index >= 15 is 0 Å². The lowest BCUT2D eigenvalue weighted by atomic mass is 10.1. The van der Waals surface area contributed by atoms with Crippen LogP contribution < -0.4 is 11.1 Å². The molecule has 0 aromatic heterocycles. The number of nitrogens with one attached hydrogen (secondary N) is 1. The number of nitrogens with two attached hydrogens (primary N) is 1. The van der Waals surface area contributed by atoms with Crippen molar-refractivity contribution in [3.05, 3.63) is 71.3 Å². The van der Waals surface area contributed by atoms with Crippen molar-refractivity contribution in [1.29, 1.82) is 0 Å². The van der Waals surface area contributed by atoms with Crippen LogP contribution in [0.5, 0.6) is 0 Å². The zero-order chi connectivity index (χ0) is 15.2. The Bertz CT molecular complexity index is 671. The molecule has 3 N–H and O–H groups in total. The number of anilines is 1. The van der Waals surface area contributed by atoms with Gasteiger partial charge in [-0.25, -0.2) is 0 Å². The maximum Gasteiger partial charge on any atom is 0.248 e. The van der Waals surface area contributed by atoms with Crippen molar-refractivity contribution >= 4 is 23.6 Å². The summed E-state index contributed by atoms with van der Waals surface area (Å²) in [4.78, 5) is 22.7. The molecule has 0 spiro atoms. The summed E-state index contributed by atoms with van der Waals surface area (Å²) in [5.41, 5.74) is 8.30. The van der Waals surface area contributed by atoms with E-state index in [1.807, 2.05) is 31.2 Å². The SMILES string of the molecule is Cc1ccc(C=CC(=O)Nc2ccc(C(N)=O)cc2)cc1. The van der Waals surface area contributed by atoms with Crippen molar-refractivity contribution < 1.29 is 9.59 Å². The minimum Gasteiger partial charge on any atom is -0.366 e. The van der Waals surface area contributed by atoms with Gasteiger partial charge in [0.1, 0.15) is 0 Å². The van der Waals surface area contributed by atoms with E-state index in [0.29, 0.717) is 11.3 Å². The second kappa shape index (κ2) is 6.52. The fourth-order valence-corrected chi connectivity index (χ4v) is 1.75. The van der Waals surface area contributed by atoms with Crippen LogP contribution in [0.1, 0.15) is 21.5 Å². The molecule has 2 amide bonds. The van der Waals surface area contributed by atoms with Gasteiger partial charge in [0.15, 0.2) is 0 Å². The lowest BCUT2D eigenvalue weighted by Crippen LogP contribution is -2.11. The fourth-order valence-electron chi connectivity index (χ4n) is 1.75. The van der Waals surface area contributed by atoms with E-state index in [1.54, 1.807) is 30.3 Å². The highest BCUT2D eigenvalue weighted by atomic mass is 16.1. The topological polar surface area (TPSA) is 72.2 Å². The third kappa shape index (κ3) is 4.31. The van der Waals surface area contributed by atoms with E-state index < -0.39 is 5.91 Å². The molecule has 0 fully saturated rings. The van der Waals surface area contributed by atoms with Crippen LogP contribution in [-0.2, 0) is 4.79 Å². The van der Waals surface area contributed by atoms with Gasteiger partial charge in [0, 0.05) is 17.3 Å². The quantitative estimate of drug-likeness (QED) is 0.845. The zero-order valence-electron chi connectivity index (χ0n) is 11.7. The van der Waals surface area contributed by atoms with E-state index in [1.165, 1.54) is 11.6 Å². The molecule has 0 aliphatic heterocycles. The van der Waals surface area contributed by atoms with Crippen molar-refractivity contribution in [3.8, 4) is 0 Å². The average molecular weight is 280 g/mol. The van der Waals surface area contributed by atoms with E-state index in [0.717, 1.165) is 5.56 Å². The third-order valence-corrected chi connectivity index (χ3v) is 2.94. The molecule has 0 radical (unpaired) electrons. The Morgan fingerprint density at radius 3 is 2.19 bits per heavy atom. The van der Waals surface area contributed by atoms with Crippen molar-refractivity contribution in [2.45, 2.75) is 6.92 Å². The molecule has 0 unspecified atom stereocenters. The van der Waals surface area contributed by atoms with Crippen molar-refractivity contribution in [1.82, 2.24) is 0 Å². The van der Waals surface area contributed by atoms with Gasteiger partial charge in [0.2, 0.25) is 11.8 Å². The number of aryl methyl sites for hydroxylation is 1. The highest BCUT2D eigenvalue weighted by Gasteiger charge is 2.01. The number of hydrogen-bond acceptors (Lipinski definition) is 2. The maximum atomic E-state index is 11.8. The molecule has 0 aliphatic rings. The highest BCUT2D eigenvalue weighted by Crippen LogP contribution is 2.10. The van der Waals surface area contributed by atoms with Gasteiger partial charge in [-0.05, 0) is 42.8 Å². The van der Waals surface area contributed by atoms with E-state index in [-0.39, 0.29) is 5.91 Å². The van der Waals surface area contributed by atoms with Gasteiger partial charge in [-0.2, -0.15) is 0 Å². The molecule has 0 atom stereocenters. The van der Waals surface area contributed by atoms with Crippen LogP contribution in [0.2, 0.25) is 0 Å². The first-order chi connectivity index (χ1) is 10.0. The van der Waals surface area contributed by atoms with Gasteiger partial charge in [0.25, 0.3) is 0 Å². The van der Waals surface area contributed by atoms with Gasteiger partial charge >= 0.3 is 0 Å². The van der Waals surface area contributed by atoms with E-state index in [9.17, 15) is 9.59 Å². The standard InChI is InChI=1S/C17H16N2O2/c1-12-2-4-13(5-3-12)6-11-16(20)19-15-9-7-14(8-10-15)17(18)21/h2-11H,1H3,(H2,18,21)(H,19,20). The normalized spacial score (nSPS) is 10.5. The summed E-state index contributed by atoms with van der Waals surface area (Å²) in [5, 5.41) is 2.71. The number of hydrogen-bond donors (Lipinski definition) is 2. The van der Waals surface area contributed by atoms with Crippen LogP contribution in [0.4, 0.5) is 5.69 Å². The summed E-state index contributed by atoms with van der Waals surface area (Å²) < 4.78 is 0. The molecule has 106 valence electrons. The minimum absolute atomic E-state index is 0.234. The van der Waals surface area contributed by atoms with Crippen molar-refractivity contribution in [3.63, 3.8) is 0 Å². The van der Waals surface area contributed by atoms with Crippen LogP contribution in [0.25, 0.3) is 6.08 Å². The summed E-state index contributed by atoms with van der Waals surface area (Å²) in [7, 11) is 0. The summed E-state index contributed by atoms with van der Waals surface area (Å²) in [6.07, 6.45) is 3.21. The first-order valence-electron chi connectivity index (χ1n) is 6.50. The largest absolute Gasteiger partial charge is 0.366 e. The highest BCUT2D eigenvalue weighted by molar-refractivity contribution is 6.02. The predicted molar refractivity (Wildman–Crippen MR) is 83.8 cm³/mol. The summed E-state index contributed by atoms with van der Waals surface area (Å²) >= 11 is 0. The monoisotopic (exact) mass is 280 g/mol. The van der Waals surface area contributed by atoms with E-state index in [4.69, 9.17) is 5.73 Å². The van der Waals surface area contributed by atoms with Crippen LogP contribution >= 0.6 is 0 Å². The summed E-state index contributed by atoms with van der Waals surface area (Å²) in [5.74, 6) is -0.727. The minimum atomic E-state index is -0.493. The Morgan fingerprint density at radius 2 is 1.62 bits per heavy atom. The Kier molecular flexibility index (Phi) is 4.51. The molecule has 4 heteroatoms. The number of benzene rings is 2. The fraction of sp³-hybridized carbons (Fsp3) is 0.0588. The molecule has 2 rings (SSSR count). The van der Waals surface area contributed by atoms with Crippen LogP contribution in [0, 0.1) is 6.92 Å². The molecule has 0 bridgehead atoms. The first-order valence-corrected chi connectivity index (χ1v) is 6.50. The van der Waals surface area contributed by atoms with Gasteiger partial charge in [-0.1, -0.05) is 29.8 Å². The maximum absolute atomic E-state index is 11.8. The zero-order valence-corrected chi connectivity index (χ0v) is 11.7. The lowest BCUT2D eigenvalue weighted by molar-refractivity contribution is -0.111. The average Bonchev–Trinajstić information content (AvgIpc) is 2.47. The Labute approximate surface area is 123 Å². The third-order valence-electron chi connectivity index (χ3n) is 2.94. The number of rotatable bonds is 4. The Balaban J connectivity index is 1.98. The molecule has 0 saturated heterocycles. The van der Waals surface area contributed by atoms with Gasteiger partial charge < -0.3 is 11.1 Å². The molecule has 0 saturated carbocycles. The number of carbonyl (C=O) groups excluding carboxylic acids is 2. The second-order valence-corrected chi connectivity index (χ2v) is 4.67. The van der Waals surface area contributed by atoms with Gasteiger partial charge in [-0.15, -0.1) is 0 Å². The van der Waals surface area contributed by atoms with Gasteiger partial charge in [-0.3, -0.25) is 9.59 Å². The van der Waals surface area contributed by atoms with Crippen LogP contribution in [0.15, 0.2) is 54.6 Å². The molecular weight excluding hydrogens is 264 g/mol. The van der Waals surface area contributed by atoms with Crippen molar-refractivity contribution in [2.75, 3.05) is 5.32 Å². The summed E-state index contributed by atoms with van der Waals surface area (Å²) in [6.45, 7) is 2.01. The summed E-state index contributed by atoms with van der Waals surface area (Å²) in [6, 6.07) is 14.3. The molecule has 2 aromatic carbocycles. The first kappa shape index (κ1) is 14.5. The predicted octanol–water partition coefficient (Wildman–Crippen LogP) is 2.75. The van der Waals surface area contributed by atoms with Crippen LogP contribution in [-0.4, -0.2) is 11.8 Å². The number of carbonyl (C=O) groups is 2. The van der Waals surface area contributed by atoms with Gasteiger partial charge in [0.05, 0.1) is 0 Å². The number of primary amides is 1. The molecular formula is C17H16N2O2. The number of amides is 2. The van der Waals surface area contributed by atoms with Crippen molar-refractivity contribution in [2.24, 2.45) is 5.73 Å². The molecule has 0 heterocycles. The molecule has 4 nitrogen and oxygen atoms in total.